The molecule has 1 saturated heterocycles. The van der Waals surface area contributed by atoms with Crippen LogP contribution in [0.2, 0.25) is 5.02 Å². The van der Waals surface area contributed by atoms with Crippen molar-refractivity contribution in [3.05, 3.63) is 88.8 Å². The minimum Gasteiger partial charge on any atom is -0.324 e. The molecule has 0 radical (unpaired) electrons. The van der Waals surface area contributed by atoms with Crippen molar-refractivity contribution in [2.45, 2.75) is 25.3 Å². The number of thiophene rings is 1. The second kappa shape index (κ2) is 11.0. The second-order valence-corrected chi connectivity index (χ2v) is 10.3. The zero-order valence-electron chi connectivity index (χ0n) is 19.9. The molecule has 9 heteroatoms. The van der Waals surface area contributed by atoms with Crippen molar-refractivity contribution < 1.29 is 14.4 Å². The molecular formula is C28H25ClN4O3S. The van der Waals surface area contributed by atoms with Gasteiger partial charge in [-0.25, -0.2) is 4.79 Å². The molecule has 3 aromatic carbocycles. The Bertz CT molecular complexity index is 1400. The molecule has 7 nitrogen and oxygen atoms in total. The highest BCUT2D eigenvalue weighted by atomic mass is 35.5. The van der Waals surface area contributed by atoms with E-state index >= 15 is 0 Å². The van der Waals surface area contributed by atoms with Crippen LogP contribution in [0, 0.1) is 0 Å². The molecule has 1 unspecified atom stereocenters. The van der Waals surface area contributed by atoms with Gasteiger partial charge >= 0.3 is 6.03 Å². The molecule has 0 saturated carbocycles. The van der Waals surface area contributed by atoms with Gasteiger partial charge in [0.05, 0.1) is 0 Å². The van der Waals surface area contributed by atoms with Crippen LogP contribution in [-0.4, -0.2) is 24.4 Å². The lowest BCUT2D eigenvalue weighted by Crippen LogP contribution is -2.39. The minimum atomic E-state index is -0.923. The zero-order chi connectivity index (χ0) is 25.8. The molecule has 1 aromatic heterocycles. The number of rotatable bonds is 6. The van der Waals surface area contributed by atoms with Crippen molar-refractivity contribution in [3.63, 3.8) is 0 Å². The first-order valence-corrected chi connectivity index (χ1v) is 13.2. The third-order valence-corrected chi connectivity index (χ3v) is 7.57. The molecule has 0 aliphatic carbocycles. The molecule has 1 atom stereocenters. The summed E-state index contributed by atoms with van der Waals surface area (Å²) in [6, 6.07) is 22.2. The standard InChI is InChI=1S/C28H25ClN4O3S/c29-19-8-10-21(11-9-19)31-28(36)32-26(24-17-18-5-1-2-6-23(18)37-24)27(35)30-20-12-14-22(15-13-20)33-16-4-3-7-25(33)34/h1-2,5-6,8-15,17,26H,3-4,7,16H2,(H,30,35)(H2,31,32,36). The molecule has 1 fully saturated rings. The number of halogens is 1. The maximum Gasteiger partial charge on any atom is 0.320 e. The first-order chi connectivity index (χ1) is 18.0. The lowest BCUT2D eigenvalue weighted by Gasteiger charge is -2.27. The fraction of sp³-hybridized carbons (Fsp3) is 0.179. The van der Waals surface area contributed by atoms with Gasteiger partial charge in [-0.2, -0.15) is 0 Å². The van der Waals surface area contributed by atoms with E-state index in [-0.39, 0.29) is 11.8 Å². The Morgan fingerprint density at radius 2 is 1.59 bits per heavy atom. The summed E-state index contributed by atoms with van der Waals surface area (Å²) in [5.74, 6) is -0.261. The predicted molar refractivity (Wildman–Crippen MR) is 149 cm³/mol. The van der Waals surface area contributed by atoms with E-state index < -0.39 is 12.1 Å². The summed E-state index contributed by atoms with van der Waals surface area (Å²) in [5, 5.41) is 10.0. The van der Waals surface area contributed by atoms with Crippen molar-refractivity contribution in [3.8, 4) is 0 Å². The monoisotopic (exact) mass is 532 g/mol. The fourth-order valence-corrected chi connectivity index (χ4v) is 5.50. The number of amides is 4. The number of urea groups is 1. The summed E-state index contributed by atoms with van der Waals surface area (Å²) < 4.78 is 1.02. The van der Waals surface area contributed by atoms with E-state index in [1.807, 2.05) is 42.5 Å². The summed E-state index contributed by atoms with van der Waals surface area (Å²) in [6.07, 6.45) is 2.45. The maximum atomic E-state index is 13.4. The molecule has 188 valence electrons. The molecule has 1 aliphatic heterocycles. The van der Waals surface area contributed by atoms with Crippen molar-refractivity contribution in [1.29, 1.82) is 0 Å². The van der Waals surface area contributed by atoms with E-state index in [9.17, 15) is 14.4 Å². The molecule has 4 aromatic rings. The molecule has 2 heterocycles. The topological polar surface area (TPSA) is 90.5 Å². The number of piperidine rings is 1. The van der Waals surface area contributed by atoms with Crippen molar-refractivity contribution in [2.24, 2.45) is 0 Å². The van der Waals surface area contributed by atoms with Gasteiger partial charge in [0, 0.05) is 44.6 Å². The first-order valence-electron chi connectivity index (χ1n) is 12.0. The maximum absolute atomic E-state index is 13.4. The number of anilines is 3. The van der Waals surface area contributed by atoms with Crippen molar-refractivity contribution >= 4 is 67.9 Å². The van der Waals surface area contributed by atoms with Gasteiger partial charge in [-0.3, -0.25) is 9.59 Å². The van der Waals surface area contributed by atoms with Gasteiger partial charge in [0.1, 0.15) is 6.04 Å². The Kier molecular flexibility index (Phi) is 7.39. The number of nitrogens with one attached hydrogen (secondary N) is 3. The summed E-state index contributed by atoms with van der Waals surface area (Å²) in [6.45, 7) is 0.700. The van der Waals surface area contributed by atoms with Gasteiger partial charge in [0.15, 0.2) is 0 Å². The Balaban J connectivity index is 1.34. The molecule has 4 amide bonds. The Hall–Kier alpha value is -3.88. The van der Waals surface area contributed by atoms with Gasteiger partial charge in [-0.15, -0.1) is 11.3 Å². The summed E-state index contributed by atoms with van der Waals surface area (Å²) in [4.78, 5) is 41.0. The lowest BCUT2D eigenvalue weighted by atomic mass is 10.1. The third-order valence-electron chi connectivity index (χ3n) is 6.14. The molecule has 0 bridgehead atoms. The van der Waals surface area contributed by atoms with Crippen LogP contribution in [0.1, 0.15) is 30.2 Å². The van der Waals surface area contributed by atoms with Gasteiger partial charge < -0.3 is 20.9 Å². The number of fused-ring (bicyclic) bond motifs is 1. The van der Waals surface area contributed by atoms with Crippen LogP contribution < -0.4 is 20.9 Å². The van der Waals surface area contributed by atoms with E-state index in [1.165, 1.54) is 11.3 Å². The number of carbonyl (C=O) groups is 3. The molecular weight excluding hydrogens is 508 g/mol. The highest BCUT2D eigenvalue weighted by Gasteiger charge is 2.26. The number of hydrogen-bond donors (Lipinski definition) is 3. The Morgan fingerprint density at radius 3 is 2.32 bits per heavy atom. The van der Waals surface area contributed by atoms with Gasteiger partial charge in [-0.05, 0) is 78.9 Å². The summed E-state index contributed by atoms with van der Waals surface area (Å²) >= 11 is 7.38. The summed E-state index contributed by atoms with van der Waals surface area (Å²) in [5.41, 5.74) is 1.94. The quantitative estimate of drug-likeness (QED) is 0.262. The minimum absolute atomic E-state index is 0.115. The van der Waals surface area contributed by atoms with Gasteiger partial charge in [0.2, 0.25) is 5.91 Å². The summed E-state index contributed by atoms with van der Waals surface area (Å²) in [7, 11) is 0. The average Bonchev–Trinajstić information content (AvgIpc) is 3.33. The molecule has 3 N–H and O–H groups in total. The zero-order valence-corrected chi connectivity index (χ0v) is 21.4. The van der Waals surface area contributed by atoms with Crippen LogP contribution in [0.15, 0.2) is 78.9 Å². The predicted octanol–water partition coefficient (Wildman–Crippen LogP) is 6.57. The SMILES string of the molecule is O=C(Nc1ccc(Cl)cc1)NC(C(=O)Nc1ccc(N2CCCCC2=O)cc1)c1cc2ccccc2s1. The van der Waals surface area contributed by atoms with Crippen LogP contribution in [0.4, 0.5) is 21.9 Å². The molecule has 37 heavy (non-hydrogen) atoms. The van der Waals surface area contributed by atoms with Crippen LogP contribution >= 0.6 is 22.9 Å². The van der Waals surface area contributed by atoms with Crippen LogP contribution in [0.5, 0.6) is 0 Å². The molecule has 1 aliphatic rings. The molecule has 5 rings (SSSR count). The largest absolute Gasteiger partial charge is 0.324 e. The number of hydrogen-bond acceptors (Lipinski definition) is 4. The van der Waals surface area contributed by atoms with Crippen LogP contribution in [-0.2, 0) is 9.59 Å². The number of nitrogens with zero attached hydrogens (tertiary/aromatic N) is 1. The number of carbonyl (C=O) groups excluding carboxylic acids is 3. The number of benzene rings is 3. The van der Waals surface area contributed by atoms with E-state index in [1.54, 1.807) is 41.3 Å². The Labute approximate surface area is 223 Å². The van der Waals surface area contributed by atoms with Gasteiger partial charge in [-0.1, -0.05) is 29.8 Å². The first kappa shape index (κ1) is 24.8. The highest BCUT2D eigenvalue weighted by molar-refractivity contribution is 7.19. The van der Waals surface area contributed by atoms with E-state index in [4.69, 9.17) is 11.6 Å². The average molecular weight is 533 g/mol. The van der Waals surface area contributed by atoms with Crippen LogP contribution in [0.25, 0.3) is 10.1 Å². The fourth-order valence-electron chi connectivity index (χ4n) is 4.26. The normalized spacial score (nSPS) is 14.3. The highest BCUT2D eigenvalue weighted by Crippen LogP contribution is 2.31. The Morgan fingerprint density at radius 1 is 0.892 bits per heavy atom. The van der Waals surface area contributed by atoms with Crippen LogP contribution in [0.3, 0.4) is 0 Å². The second-order valence-electron chi connectivity index (χ2n) is 8.76. The smallest absolute Gasteiger partial charge is 0.320 e. The van der Waals surface area contributed by atoms with E-state index in [2.05, 4.69) is 16.0 Å². The van der Waals surface area contributed by atoms with E-state index in [0.717, 1.165) is 28.6 Å². The lowest BCUT2D eigenvalue weighted by molar-refractivity contribution is -0.119. The van der Waals surface area contributed by atoms with Gasteiger partial charge in [0.25, 0.3) is 5.91 Å². The van der Waals surface area contributed by atoms with Crippen molar-refractivity contribution in [1.82, 2.24) is 5.32 Å². The third kappa shape index (κ3) is 5.93. The van der Waals surface area contributed by atoms with E-state index in [0.29, 0.717) is 34.2 Å². The molecule has 0 spiro atoms. The van der Waals surface area contributed by atoms with Crippen molar-refractivity contribution in [2.75, 3.05) is 22.1 Å².